The summed E-state index contributed by atoms with van der Waals surface area (Å²) in [5.41, 5.74) is 13.4. The number of piperidine rings is 1. The molecule has 1 fully saturated rings. The Kier molecular flexibility index (Phi) is 8.17. The van der Waals surface area contributed by atoms with Gasteiger partial charge in [-0.1, -0.05) is 37.6 Å². The second-order valence-corrected chi connectivity index (χ2v) is 10.6. The fourth-order valence-electron chi connectivity index (χ4n) is 5.46. The summed E-state index contributed by atoms with van der Waals surface area (Å²) in [6, 6.07) is 12.9. The molecule has 2 N–H and O–H groups in total. The molecule has 1 aliphatic heterocycles. The van der Waals surface area contributed by atoms with E-state index in [1.807, 2.05) is 0 Å². The lowest BCUT2D eigenvalue weighted by molar-refractivity contribution is -0.123. The number of likely N-dealkylation sites (tertiary alicyclic amines) is 1. The monoisotopic (exact) mass is 476 g/mol. The van der Waals surface area contributed by atoms with Crippen molar-refractivity contribution < 1.29 is 14.3 Å². The minimum absolute atomic E-state index is 0.00901. The number of carbonyl (C=O) groups is 1. The number of aryl methyl sites for hydroxylation is 1. The first-order valence-corrected chi connectivity index (χ1v) is 13.0. The van der Waals surface area contributed by atoms with Gasteiger partial charge in [-0.2, -0.15) is 0 Å². The average Bonchev–Trinajstić information content (AvgIpc) is 2.84. The number of amides is 1. The van der Waals surface area contributed by atoms with Gasteiger partial charge in [-0.15, -0.1) is 0 Å². The maximum absolute atomic E-state index is 11.6. The molecule has 2 aliphatic rings. The molecule has 5 heteroatoms. The molecular weight excluding hydrogens is 436 g/mol. The zero-order chi connectivity index (χ0) is 24.9. The highest BCUT2D eigenvalue weighted by molar-refractivity contribution is 5.77. The van der Waals surface area contributed by atoms with Crippen LogP contribution in [-0.2, 0) is 24.2 Å². The van der Waals surface area contributed by atoms with Gasteiger partial charge >= 0.3 is 0 Å². The first-order valence-electron chi connectivity index (χ1n) is 13.0. The largest absolute Gasteiger partial charge is 0.496 e. The van der Waals surface area contributed by atoms with E-state index in [0.29, 0.717) is 12.5 Å². The number of benzene rings is 2. The van der Waals surface area contributed by atoms with Crippen LogP contribution in [0.3, 0.4) is 0 Å². The van der Waals surface area contributed by atoms with E-state index in [1.165, 1.54) is 27.8 Å². The Morgan fingerprint density at radius 1 is 1.17 bits per heavy atom. The number of nitrogens with two attached hydrogens (primary N) is 1. The lowest BCUT2D eigenvalue weighted by atomic mass is 9.85. The van der Waals surface area contributed by atoms with Gasteiger partial charge in [0.05, 0.1) is 13.0 Å². The summed E-state index contributed by atoms with van der Waals surface area (Å²) in [7, 11) is 1.72. The quantitative estimate of drug-likeness (QED) is 0.527. The van der Waals surface area contributed by atoms with Crippen molar-refractivity contribution in [3.63, 3.8) is 0 Å². The van der Waals surface area contributed by atoms with Gasteiger partial charge in [-0.25, -0.2) is 0 Å². The summed E-state index contributed by atoms with van der Waals surface area (Å²) in [6.45, 7) is 9.93. The van der Waals surface area contributed by atoms with Gasteiger partial charge in [0.25, 0.3) is 0 Å². The molecule has 35 heavy (non-hydrogen) atoms. The third kappa shape index (κ3) is 6.26. The smallest absolute Gasteiger partial charge is 0.221 e. The van der Waals surface area contributed by atoms with Crippen molar-refractivity contribution in [2.75, 3.05) is 26.7 Å². The molecule has 1 heterocycles. The van der Waals surface area contributed by atoms with E-state index >= 15 is 0 Å². The van der Waals surface area contributed by atoms with E-state index in [9.17, 15) is 4.79 Å². The number of fused-ring (bicyclic) bond motifs is 1. The van der Waals surface area contributed by atoms with Crippen molar-refractivity contribution in [2.45, 2.75) is 59.5 Å². The van der Waals surface area contributed by atoms with Gasteiger partial charge in [-0.3, -0.25) is 9.69 Å². The van der Waals surface area contributed by atoms with E-state index in [1.54, 1.807) is 7.11 Å². The second kappa shape index (κ2) is 11.3. The molecule has 2 aromatic carbocycles. The molecule has 0 aromatic heterocycles. The molecule has 5 nitrogen and oxygen atoms in total. The summed E-state index contributed by atoms with van der Waals surface area (Å²) in [6.07, 6.45) is 5.07. The number of allylic oxidation sites excluding steroid dienone is 1. The van der Waals surface area contributed by atoms with Gasteiger partial charge in [0, 0.05) is 18.7 Å². The molecule has 0 radical (unpaired) electrons. The Bertz CT molecular complexity index is 1090. The maximum Gasteiger partial charge on any atom is 0.221 e. The minimum atomic E-state index is -0.161. The van der Waals surface area contributed by atoms with E-state index in [4.69, 9.17) is 15.2 Å². The lowest BCUT2D eigenvalue weighted by Gasteiger charge is -2.33. The number of carbonyl (C=O) groups excluding carboxylic acids is 1. The number of methoxy groups -OCH3 is 1. The van der Waals surface area contributed by atoms with E-state index in [-0.39, 0.29) is 11.8 Å². The number of nitrogens with zero attached hydrogens (tertiary/aromatic N) is 1. The van der Waals surface area contributed by atoms with Crippen molar-refractivity contribution in [2.24, 2.45) is 17.6 Å². The summed E-state index contributed by atoms with van der Waals surface area (Å²) in [5.74, 6) is 2.23. The van der Waals surface area contributed by atoms with Crippen molar-refractivity contribution in [3.05, 3.63) is 64.2 Å². The zero-order valence-electron chi connectivity index (χ0n) is 21.7. The van der Waals surface area contributed by atoms with Crippen LogP contribution in [0.4, 0.5) is 0 Å². The third-order valence-corrected chi connectivity index (χ3v) is 7.42. The van der Waals surface area contributed by atoms with Crippen LogP contribution in [0.5, 0.6) is 11.5 Å². The molecule has 1 amide bonds. The van der Waals surface area contributed by atoms with Gasteiger partial charge in [-0.05, 0) is 92.0 Å². The van der Waals surface area contributed by atoms with Crippen LogP contribution in [0.15, 0.2) is 42.0 Å². The van der Waals surface area contributed by atoms with E-state index < -0.39 is 0 Å². The predicted molar refractivity (Wildman–Crippen MR) is 142 cm³/mol. The van der Waals surface area contributed by atoms with Crippen molar-refractivity contribution >= 4 is 11.5 Å². The molecule has 1 saturated heterocycles. The Morgan fingerprint density at radius 3 is 2.74 bits per heavy atom. The fraction of sp³-hybridized carbons (Fsp3) is 0.500. The highest BCUT2D eigenvalue weighted by Crippen LogP contribution is 2.34. The molecule has 188 valence electrons. The first kappa shape index (κ1) is 25.3. The molecule has 2 aromatic rings. The molecule has 4 rings (SSSR count). The van der Waals surface area contributed by atoms with Gasteiger partial charge in [0.15, 0.2) is 0 Å². The predicted octanol–water partition coefficient (Wildman–Crippen LogP) is 5.39. The molecule has 1 aliphatic carbocycles. The Morgan fingerprint density at radius 2 is 2.00 bits per heavy atom. The minimum Gasteiger partial charge on any atom is -0.496 e. The lowest BCUT2D eigenvalue weighted by Crippen LogP contribution is -2.42. The molecule has 1 unspecified atom stereocenters. The zero-order valence-corrected chi connectivity index (χ0v) is 21.7. The van der Waals surface area contributed by atoms with Crippen LogP contribution in [0.2, 0.25) is 0 Å². The SMILES string of the molecule is COc1cc(CC(C)C)ccc1COc1ccc2c(c1)CCC(CN1CCCC(C(N)=O)C1)=C2C. The number of hydrogen-bond donors (Lipinski definition) is 1. The van der Waals surface area contributed by atoms with Crippen molar-refractivity contribution in [3.8, 4) is 11.5 Å². The summed E-state index contributed by atoms with van der Waals surface area (Å²) in [4.78, 5) is 14.1. The van der Waals surface area contributed by atoms with E-state index in [2.05, 4.69) is 62.1 Å². The standard InChI is InChI=1S/C30H40N2O3/c1-20(2)14-22-7-8-26(29(15-22)34-4)19-35-27-11-12-28-21(3)24(10-9-23(28)16-27)17-32-13-5-6-25(18-32)30(31)33/h7-8,11-12,15-16,20,25H,5-6,9-10,13-14,17-19H2,1-4H3,(H2,31,33). The maximum atomic E-state index is 11.6. The molecule has 0 spiro atoms. The molecule has 0 bridgehead atoms. The van der Waals surface area contributed by atoms with Crippen LogP contribution in [0, 0.1) is 11.8 Å². The van der Waals surface area contributed by atoms with Crippen molar-refractivity contribution in [1.82, 2.24) is 4.90 Å². The van der Waals surface area contributed by atoms with Gasteiger partial charge in [0.1, 0.15) is 18.1 Å². The number of primary amides is 1. The van der Waals surface area contributed by atoms with Crippen LogP contribution in [0.25, 0.3) is 5.57 Å². The number of rotatable bonds is 9. The van der Waals surface area contributed by atoms with Crippen LogP contribution in [-0.4, -0.2) is 37.6 Å². The second-order valence-electron chi connectivity index (χ2n) is 10.6. The Hall–Kier alpha value is -2.79. The normalized spacial score (nSPS) is 18.5. The fourth-order valence-corrected chi connectivity index (χ4v) is 5.46. The molecule has 1 atom stereocenters. The van der Waals surface area contributed by atoms with Crippen LogP contribution < -0.4 is 15.2 Å². The number of hydrogen-bond acceptors (Lipinski definition) is 4. The van der Waals surface area contributed by atoms with Crippen molar-refractivity contribution in [1.29, 1.82) is 0 Å². The Balaban J connectivity index is 1.42. The summed E-state index contributed by atoms with van der Waals surface area (Å²) >= 11 is 0. The average molecular weight is 477 g/mol. The summed E-state index contributed by atoms with van der Waals surface area (Å²) in [5, 5.41) is 0. The molecule has 0 saturated carbocycles. The molecular formula is C30H40N2O3. The highest BCUT2D eigenvalue weighted by Gasteiger charge is 2.26. The topological polar surface area (TPSA) is 64.8 Å². The van der Waals surface area contributed by atoms with Crippen LogP contribution in [0.1, 0.15) is 62.3 Å². The van der Waals surface area contributed by atoms with Gasteiger partial charge in [0.2, 0.25) is 5.91 Å². The van der Waals surface area contributed by atoms with Crippen LogP contribution >= 0.6 is 0 Å². The Labute approximate surface area is 210 Å². The number of ether oxygens (including phenoxy) is 2. The highest BCUT2D eigenvalue weighted by atomic mass is 16.5. The third-order valence-electron chi connectivity index (χ3n) is 7.42. The van der Waals surface area contributed by atoms with Gasteiger partial charge < -0.3 is 15.2 Å². The first-order chi connectivity index (χ1) is 16.8. The van der Waals surface area contributed by atoms with E-state index in [0.717, 1.165) is 68.8 Å². The summed E-state index contributed by atoms with van der Waals surface area (Å²) < 4.78 is 11.8.